The van der Waals surface area contributed by atoms with E-state index in [-0.39, 0.29) is 18.2 Å². The van der Waals surface area contributed by atoms with Crippen LogP contribution in [0, 0.1) is 6.92 Å². The number of aromatic nitrogens is 2. The van der Waals surface area contributed by atoms with E-state index in [1.807, 2.05) is 6.20 Å². The molecule has 2 N–H and O–H groups in total. The van der Waals surface area contributed by atoms with Crippen molar-refractivity contribution < 1.29 is 10.2 Å². The van der Waals surface area contributed by atoms with Gasteiger partial charge in [-0.05, 0) is 32.6 Å². The Bertz CT molecular complexity index is 525. The SMILES string of the molecule is CCCn1ncc(CN2CC[C@@H](N3CCC(O)CC3)[C@H](O)C2)c1C. The van der Waals surface area contributed by atoms with Crippen LogP contribution >= 0.6 is 0 Å². The first-order chi connectivity index (χ1) is 11.6. The zero-order valence-corrected chi connectivity index (χ0v) is 15.1. The van der Waals surface area contributed by atoms with Crippen LogP contribution in [0.1, 0.15) is 43.9 Å². The second kappa shape index (κ2) is 7.95. The summed E-state index contributed by atoms with van der Waals surface area (Å²) in [6.45, 7) is 9.70. The van der Waals surface area contributed by atoms with Crippen LogP contribution in [0.3, 0.4) is 0 Å². The van der Waals surface area contributed by atoms with Crippen molar-refractivity contribution in [2.75, 3.05) is 26.2 Å². The van der Waals surface area contributed by atoms with Gasteiger partial charge >= 0.3 is 0 Å². The van der Waals surface area contributed by atoms with Gasteiger partial charge in [-0.25, -0.2) is 0 Å². The lowest BCUT2D eigenvalue weighted by Crippen LogP contribution is -2.55. The van der Waals surface area contributed by atoms with E-state index in [0.29, 0.717) is 0 Å². The first-order valence-electron chi connectivity index (χ1n) is 9.42. The van der Waals surface area contributed by atoms with Crippen molar-refractivity contribution in [3.63, 3.8) is 0 Å². The summed E-state index contributed by atoms with van der Waals surface area (Å²) in [4.78, 5) is 4.72. The summed E-state index contributed by atoms with van der Waals surface area (Å²) in [6.07, 6.45) is 5.29. The Labute approximate surface area is 145 Å². The van der Waals surface area contributed by atoms with Gasteiger partial charge < -0.3 is 10.2 Å². The van der Waals surface area contributed by atoms with Crippen molar-refractivity contribution in [2.24, 2.45) is 0 Å². The third-order valence-corrected chi connectivity index (χ3v) is 5.63. The van der Waals surface area contributed by atoms with E-state index < -0.39 is 0 Å². The van der Waals surface area contributed by atoms with Crippen LogP contribution in [0.5, 0.6) is 0 Å². The molecule has 136 valence electrons. The Balaban J connectivity index is 1.54. The summed E-state index contributed by atoms with van der Waals surface area (Å²) in [5, 5.41) is 24.8. The van der Waals surface area contributed by atoms with Crippen LogP contribution in [0.4, 0.5) is 0 Å². The largest absolute Gasteiger partial charge is 0.393 e. The molecule has 2 atom stereocenters. The number of hydrogen-bond acceptors (Lipinski definition) is 5. The summed E-state index contributed by atoms with van der Waals surface area (Å²) in [6, 6.07) is 0.248. The summed E-state index contributed by atoms with van der Waals surface area (Å²) < 4.78 is 2.08. The molecule has 0 aliphatic carbocycles. The van der Waals surface area contributed by atoms with Crippen LogP contribution in [0.25, 0.3) is 0 Å². The van der Waals surface area contributed by atoms with Crippen LogP contribution in [-0.2, 0) is 13.1 Å². The lowest BCUT2D eigenvalue weighted by Gasteiger charge is -2.43. The van der Waals surface area contributed by atoms with Gasteiger partial charge in [0.05, 0.1) is 18.4 Å². The first kappa shape index (κ1) is 17.9. The van der Waals surface area contributed by atoms with Gasteiger partial charge in [-0.15, -0.1) is 0 Å². The maximum Gasteiger partial charge on any atom is 0.0822 e. The summed E-state index contributed by atoms with van der Waals surface area (Å²) in [5.74, 6) is 0. The fourth-order valence-corrected chi connectivity index (χ4v) is 4.09. The molecule has 3 heterocycles. The molecule has 6 nitrogen and oxygen atoms in total. The number of β-amino-alcohol motifs (C(OH)–C–C–N with tert-alkyl or cyclic N) is 1. The molecule has 1 aromatic heterocycles. The van der Waals surface area contributed by atoms with Gasteiger partial charge in [0.15, 0.2) is 0 Å². The van der Waals surface area contributed by atoms with E-state index in [1.165, 1.54) is 11.3 Å². The second-order valence-electron chi connectivity index (χ2n) is 7.40. The summed E-state index contributed by atoms with van der Waals surface area (Å²) in [5.41, 5.74) is 2.52. The molecule has 3 rings (SSSR count). The maximum atomic E-state index is 10.6. The molecule has 6 heteroatoms. The van der Waals surface area contributed by atoms with E-state index in [4.69, 9.17) is 0 Å². The Kier molecular flexibility index (Phi) is 5.92. The van der Waals surface area contributed by atoms with Crippen molar-refractivity contribution in [3.05, 3.63) is 17.5 Å². The zero-order chi connectivity index (χ0) is 17.1. The minimum absolute atomic E-state index is 0.152. The highest BCUT2D eigenvalue weighted by Crippen LogP contribution is 2.23. The third-order valence-electron chi connectivity index (χ3n) is 5.63. The monoisotopic (exact) mass is 336 g/mol. The third kappa shape index (κ3) is 3.99. The molecule has 24 heavy (non-hydrogen) atoms. The van der Waals surface area contributed by atoms with Crippen molar-refractivity contribution >= 4 is 0 Å². The molecule has 0 aromatic carbocycles. The maximum absolute atomic E-state index is 10.6. The highest BCUT2D eigenvalue weighted by Gasteiger charge is 2.33. The molecule has 0 bridgehead atoms. The molecule has 2 aliphatic heterocycles. The Morgan fingerprint density at radius 3 is 2.58 bits per heavy atom. The fourth-order valence-electron chi connectivity index (χ4n) is 4.09. The predicted octanol–water partition coefficient (Wildman–Crippen LogP) is 0.993. The van der Waals surface area contributed by atoms with Crippen LogP contribution in [-0.4, -0.2) is 74.2 Å². The Morgan fingerprint density at radius 2 is 1.92 bits per heavy atom. The lowest BCUT2D eigenvalue weighted by molar-refractivity contribution is -0.0355. The number of likely N-dealkylation sites (tertiary alicyclic amines) is 2. The molecule has 0 unspecified atom stereocenters. The number of nitrogens with zero attached hydrogens (tertiary/aromatic N) is 4. The number of rotatable bonds is 5. The topological polar surface area (TPSA) is 64.8 Å². The number of hydrogen-bond donors (Lipinski definition) is 2. The van der Waals surface area contributed by atoms with Gasteiger partial charge in [-0.1, -0.05) is 6.92 Å². The van der Waals surface area contributed by atoms with E-state index in [2.05, 4.69) is 33.4 Å². The highest BCUT2D eigenvalue weighted by atomic mass is 16.3. The minimum Gasteiger partial charge on any atom is -0.393 e. The fraction of sp³-hybridized carbons (Fsp3) is 0.833. The average Bonchev–Trinajstić information content (AvgIpc) is 2.90. The predicted molar refractivity (Wildman–Crippen MR) is 93.8 cm³/mol. The summed E-state index contributed by atoms with van der Waals surface area (Å²) >= 11 is 0. The molecule has 1 aromatic rings. The first-order valence-corrected chi connectivity index (χ1v) is 9.42. The van der Waals surface area contributed by atoms with Gasteiger partial charge in [-0.2, -0.15) is 5.10 Å². The smallest absolute Gasteiger partial charge is 0.0822 e. The normalized spacial score (nSPS) is 27.7. The standard InChI is InChI=1S/C18H32N4O2/c1-3-7-22-14(2)15(11-19-22)12-20-8-6-17(18(24)13-20)21-9-4-16(23)5-10-21/h11,16-18,23-24H,3-10,12-13H2,1-2H3/t17-,18-/m1/s1. The molecule has 0 radical (unpaired) electrons. The summed E-state index contributed by atoms with van der Waals surface area (Å²) in [7, 11) is 0. The van der Waals surface area contributed by atoms with Crippen LogP contribution in [0.2, 0.25) is 0 Å². The molecular weight excluding hydrogens is 304 g/mol. The van der Waals surface area contributed by atoms with Crippen molar-refractivity contribution in [1.29, 1.82) is 0 Å². The molecule has 2 saturated heterocycles. The molecule has 2 aliphatic rings. The molecule has 0 amide bonds. The quantitative estimate of drug-likeness (QED) is 0.840. The van der Waals surface area contributed by atoms with E-state index in [0.717, 1.165) is 65.0 Å². The molecule has 0 spiro atoms. The average molecular weight is 336 g/mol. The van der Waals surface area contributed by atoms with E-state index in [9.17, 15) is 10.2 Å². The van der Waals surface area contributed by atoms with Gasteiger partial charge in [0, 0.05) is 56.6 Å². The van der Waals surface area contributed by atoms with Gasteiger partial charge in [0.2, 0.25) is 0 Å². The molecule has 0 saturated carbocycles. The number of aliphatic hydroxyl groups excluding tert-OH is 2. The Hall–Kier alpha value is -0.950. The van der Waals surface area contributed by atoms with Gasteiger partial charge in [0.1, 0.15) is 0 Å². The van der Waals surface area contributed by atoms with E-state index in [1.54, 1.807) is 0 Å². The van der Waals surface area contributed by atoms with Gasteiger partial charge in [0.25, 0.3) is 0 Å². The zero-order valence-electron chi connectivity index (χ0n) is 15.1. The van der Waals surface area contributed by atoms with Gasteiger partial charge in [-0.3, -0.25) is 14.5 Å². The van der Waals surface area contributed by atoms with Crippen molar-refractivity contribution in [2.45, 2.75) is 70.9 Å². The van der Waals surface area contributed by atoms with Crippen LogP contribution in [0.15, 0.2) is 6.20 Å². The van der Waals surface area contributed by atoms with Crippen molar-refractivity contribution in [3.8, 4) is 0 Å². The van der Waals surface area contributed by atoms with Crippen LogP contribution < -0.4 is 0 Å². The number of piperidine rings is 2. The van der Waals surface area contributed by atoms with E-state index >= 15 is 0 Å². The van der Waals surface area contributed by atoms with Crippen molar-refractivity contribution in [1.82, 2.24) is 19.6 Å². The Morgan fingerprint density at radius 1 is 1.17 bits per heavy atom. The number of aliphatic hydroxyl groups is 2. The highest BCUT2D eigenvalue weighted by molar-refractivity contribution is 5.16. The number of aryl methyl sites for hydroxylation is 1. The lowest BCUT2D eigenvalue weighted by atomic mass is 9.96. The molecular formula is C18H32N4O2. The molecule has 2 fully saturated rings. The second-order valence-corrected chi connectivity index (χ2v) is 7.40. The minimum atomic E-state index is -0.306.